The van der Waals surface area contributed by atoms with E-state index in [2.05, 4.69) is 9.71 Å². The summed E-state index contributed by atoms with van der Waals surface area (Å²) < 4.78 is 29.4. The van der Waals surface area contributed by atoms with Crippen molar-refractivity contribution in [3.8, 4) is 11.4 Å². The van der Waals surface area contributed by atoms with Crippen LogP contribution in [-0.2, 0) is 21.4 Å². The van der Waals surface area contributed by atoms with Crippen molar-refractivity contribution in [3.63, 3.8) is 0 Å². The zero-order chi connectivity index (χ0) is 20.5. The number of aryl methyl sites for hydroxylation is 2. The topological polar surface area (TPSA) is 101 Å². The predicted octanol–water partition coefficient (Wildman–Crippen LogP) is 3.36. The molecule has 1 heterocycles. The number of sulfonamides is 1. The Kier molecular flexibility index (Phi) is 5.24. The molecule has 0 saturated carbocycles. The van der Waals surface area contributed by atoms with Gasteiger partial charge in [-0.3, -0.25) is 9.52 Å². The first-order valence-corrected chi connectivity index (χ1v) is 10.1. The van der Waals surface area contributed by atoms with Gasteiger partial charge in [-0.05, 0) is 45.0 Å². The van der Waals surface area contributed by atoms with Gasteiger partial charge in [-0.25, -0.2) is 13.4 Å². The lowest BCUT2D eigenvalue weighted by atomic mass is 10.2. The monoisotopic (exact) mass is 399 g/mol. The Labute approximate surface area is 163 Å². The number of aromatic nitrogens is 2. The molecular formula is C20H21N3O4S. The van der Waals surface area contributed by atoms with Crippen LogP contribution in [0, 0.1) is 20.8 Å². The van der Waals surface area contributed by atoms with Gasteiger partial charge in [0.2, 0.25) is 0 Å². The Morgan fingerprint density at radius 2 is 1.79 bits per heavy atom. The van der Waals surface area contributed by atoms with Crippen LogP contribution < -0.4 is 4.72 Å². The number of hydrogen-bond donors (Lipinski definition) is 2. The van der Waals surface area contributed by atoms with E-state index < -0.39 is 16.0 Å². The summed E-state index contributed by atoms with van der Waals surface area (Å²) in [6.07, 6.45) is 0. The van der Waals surface area contributed by atoms with Crippen molar-refractivity contribution < 1.29 is 18.3 Å². The lowest BCUT2D eigenvalue weighted by Crippen LogP contribution is -2.13. The van der Waals surface area contributed by atoms with Gasteiger partial charge in [0.25, 0.3) is 10.0 Å². The highest BCUT2D eigenvalue weighted by atomic mass is 32.2. The summed E-state index contributed by atoms with van der Waals surface area (Å²) in [5.41, 5.74) is 3.45. The van der Waals surface area contributed by atoms with E-state index in [0.717, 1.165) is 17.0 Å². The minimum atomic E-state index is -3.73. The normalized spacial score (nSPS) is 11.4. The van der Waals surface area contributed by atoms with Crippen LogP contribution in [0.25, 0.3) is 11.4 Å². The number of hydrogen-bond acceptors (Lipinski definition) is 4. The summed E-state index contributed by atoms with van der Waals surface area (Å²) in [6, 6.07) is 13.3. The number of benzene rings is 2. The number of aliphatic carboxylic acids is 1. The second-order valence-electron chi connectivity index (χ2n) is 6.59. The molecule has 0 radical (unpaired) electrons. The molecule has 8 heteroatoms. The van der Waals surface area contributed by atoms with Crippen LogP contribution >= 0.6 is 0 Å². The lowest BCUT2D eigenvalue weighted by molar-refractivity contribution is -0.137. The van der Waals surface area contributed by atoms with Gasteiger partial charge in [-0.15, -0.1) is 0 Å². The SMILES string of the molecule is Cc1ccc(S(=O)(=O)Nc2cccc(-c3nc(C)c(C)n3CC(=O)O)c2)cc1. The molecule has 146 valence electrons. The van der Waals surface area contributed by atoms with Crippen molar-refractivity contribution in [3.05, 3.63) is 65.5 Å². The first-order valence-electron chi connectivity index (χ1n) is 8.63. The number of carboxylic acids is 1. The third-order valence-electron chi connectivity index (χ3n) is 4.46. The molecule has 3 rings (SSSR count). The Hall–Kier alpha value is -3.13. The van der Waals surface area contributed by atoms with Crippen LogP contribution in [0.1, 0.15) is 17.0 Å². The van der Waals surface area contributed by atoms with Crippen LogP contribution in [0.2, 0.25) is 0 Å². The van der Waals surface area contributed by atoms with Gasteiger partial charge in [0, 0.05) is 16.9 Å². The second kappa shape index (κ2) is 7.47. The number of anilines is 1. The number of carbonyl (C=O) groups is 1. The van der Waals surface area contributed by atoms with Crippen LogP contribution in [-0.4, -0.2) is 29.0 Å². The van der Waals surface area contributed by atoms with Gasteiger partial charge in [-0.1, -0.05) is 29.8 Å². The fourth-order valence-electron chi connectivity index (χ4n) is 2.86. The molecular weight excluding hydrogens is 378 g/mol. The zero-order valence-corrected chi connectivity index (χ0v) is 16.6. The smallest absolute Gasteiger partial charge is 0.323 e. The van der Waals surface area contributed by atoms with Crippen molar-refractivity contribution >= 4 is 21.7 Å². The highest BCUT2D eigenvalue weighted by molar-refractivity contribution is 7.92. The number of nitrogens with one attached hydrogen (secondary N) is 1. The van der Waals surface area contributed by atoms with Crippen LogP contribution in [0.15, 0.2) is 53.4 Å². The van der Waals surface area contributed by atoms with E-state index in [1.165, 1.54) is 0 Å². The van der Waals surface area contributed by atoms with Gasteiger partial charge in [0.05, 0.1) is 10.6 Å². The fourth-order valence-corrected chi connectivity index (χ4v) is 3.91. The fraction of sp³-hybridized carbons (Fsp3) is 0.200. The molecule has 0 bridgehead atoms. The number of carboxylic acid groups (broad SMARTS) is 1. The second-order valence-corrected chi connectivity index (χ2v) is 8.27. The third kappa shape index (κ3) is 4.07. The first kappa shape index (κ1) is 19.6. The molecule has 0 saturated heterocycles. The maximum atomic E-state index is 12.6. The summed E-state index contributed by atoms with van der Waals surface area (Å²) in [5.74, 6) is -0.494. The average Bonchev–Trinajstić information content (AvgIpc) is 2.90. The van der Waals surface area contributed by atoms with E-state index in [-0.39, 0.29) is 11.4 Å². The Morgan fingerprint density at radius 1 is 1.11 bits per heavy atom. The van der Waals surface area contributed by atoms with Gasteiger partial charge in [-0.2, -0.15) is 0 Å². The Balaban J connectivity index is 1.96. The number of nitrogens with zero attached hydrogens (tertiary/aromatic N) is 2. The predicted molar refractivity (Wildman–Crippen MR) is 107 cm³/mol. The van der Waals surface area contributed by atoms with Gasteiger partial charge in [0.1, 0.15) is 12.4 Å². The minimum Gasteiger partial charge on any atom is -0.480 e. The summed E-state index contributed by atoms with van der Waals surface area (Å²) in [5, 5.41) is 9.18. The van der Waals surface area contributed by atoms with E-state index in [0.29, 0.717) is 17.1 Å². The van der Waals surface area contributed by atoms with Crippen molar-refractivity contribution in [2.24, 2.45) is 0 Å². The molecule has 1 aromatic heterocycles. The molecule has 0 aliphatic heterocycles. The van der Waals surface area contributed by atoms with Crippen molar-refractivity contribution in [1.29, 1.82) is 0 Å². The van der Waals surface area contributed by atoms with E-state index in [1.54, 1.807) is 66.9 Å². The molecule has 2 N–H and O–H groups in total. The van der Waals surface area contributed by atoms with E-state index in [1.807, 2.05) is 6.92 Å². The Bertz CT molecular complexity index is 1130. The molecule has 3 aromatic rings. The number of imidazole rings is 1. The lowest BCUT2D eigenvalue weighted by Gasteiger charge is -2.11. The van der Waals surface area contributed by atoms with E-state index in [4.69, 9.17) is 0 Å². The molecule has 0 atom stereocenters. The number of rotatable bonds is 6. The van der Waals surface area contributed by atoms with Crippen LogP contribution in [0.4, 0.5) is 5.69 Å². The van der Waals surface area contributed by atoms with Gasteiger partial charge < -0.3 is 9.67 Å². The summed E-state index contributed by atoms with van der Waals surface area (Å²) in [4.78, 5) is 15.8. The molecule has 2 aromatic carbocycles. The van der Waals surface area contributed by atoms with E-state index >= 15 is 0 Å². The largest absolute Gasteiger partial charge is 0.480 e. The molecule has 28 heavy (non-hydrogen) atoms. The first-order chi connectivity index (χ1) is 13.2. The standard InChI is InChI=1S/C20H21N3O4S/c1-13-7-9-18(10-8-13)28(26,27)22-17-6-4-5-16(11-17)20-21-14(2)15(3)23(20)12-19(24)25/h4-11,22H,12H2,1-3H3,(H,24,25). The highest BCUT2D eigenvalue weighted by Crippen LogP contribution is 2.26. The van der Waals surface area contributed by atoms with Gasteiger partial charge >= 0.3 is 5.97 Å². The average molecular weight is 399 g/mol. The molecule has 0 amide bonds. The van der Waals surface area contributed by atoms with Crippen molar-refractivity contribution in [1.82, 2.24) is 9.55 Å². The maximum absolute atomic E-state index is 12.6. The summed E-state index contributed by atoms with van der Waals surface area (Å²) in [6.45, 7) is 5.28. The summed E-state index contributed by atoms with van der Waals surface area (Å²) >= 11 is 0. The molecule has 0 unspecified atom stereocenters. The van der Waals surface area contributed by atoms with Crippen LogP contribution in [0.3, 0.4) is 0 Å². The minimum absolute atomic E-state index is 0.169. The maximum Gasteiger partial charge on any atom is 0.323 e. The highest BCUT2D eigenvalue weighted by Gasteiger charge is 2.17. The molecule has 0 aliphatic rings. The third-order valence-corrected chi connectivity index (χ3v) is 5.85. The van der Waals surface area contributed by atoms with Crippen molar-refractivity contribution in [2.75, 3.05) is 4.72 Å². The summed E-state index contributed by atoms with van der Waals surface area (Å²) in [7, 11) is -3.73. The van der Waals surface area contributed by atoms with Crippen molar-refractivity contribution in [2.45, 2.75) is 32.2 Å². The molecule has 0 spiro atoms. The molecule has 7 nitrogen and oxygen atoms in total. The quantitative estimate of drug-likeness (QED) is 0.662. The Morgan fingerprint density at radius 3 is 2.43 bits per heavy atom. The zero-order valence-electron chi connectivity index (χ0n) is 15.8. The van der Waals surface area contributed by atoms with E-state index in [9.17, 15) is 18.3 Å². The molecule has 0 aliphatic carbocycles. The van der Waals surface area contributed by atoms with Gasteiger partial charge in [0.15, 0.2) is 0 Å². The van der Waals surface area contributed by atoms with Crippen LogP contribution in [0.5, 0.6) is 0 Å². The molecule has 0 fully saturated rings.